The number of unbranched alkanes of at least 4 members (excludes halogenated alkanes) is 2. The third-order valence-electron chi connectivity index (χ3n) is 4.73. The highest BCUT2D eigenvalue weighted by Gasteiger charge is 2.27. The zero-order valence-corrected chi connectivity index (χ0v) is 14.5. The molecule has 0 atom stereocenters. The van der Waals surface area contributed by atoms with Gasteiger partial charge in [-0.3, -0.25) is 4.79 Å². The van der Waals surface area contributed by atoms with Crippen LogP contribution in [-0.2, 0) is 4.79 Å². The molecule has 6 heteroatoms. The van der Waals surface area contributed by atoms with Crippen molar-refractivity contribution in [3.8, 4) is 11.5 Å². The van der Waals surface area contributed by atoms with Gasteiger partial charge in [-0.2, -0.15) is 8.78 Å². The molecule has 1 saturated carbocycles. The molecule has 1 aromatic carbocycles. The second-order valence-corrected chi connectivity index (χ2v) is 6.61. The van der Waals surface area contributed by atoms with Gasteiger partial charge < -0.3 is 9.47 Å². The van der Waals surface area contributed by atoms with Gasteiger partial charge in [-0.25, -0.2) is 4.39 Å². The molecule has 0 aliphatic heterocycles. The topological polar surface area (TPSA) is 35.5 Å². The van der Waals surface area contributed by atoms with E-state index in [1.54, 1.807) is 0 Å². The van der Waals surface area contributed by atoms with Crippen LogP contribution in [0.4, 0.5) is 13.2 Å². The third kappa shape index (κ3) is 6.25. The number of ether oxygens (including phenoxy) is 2. The average Bonchev–Trinajstić information content (AvgIpc) is 2.58. The molecule has 1 aliphatic rings. The van der Waals surface area contributed by atoms with Gasteiger partial charge in [0.2, 0.25) is 0 Å². The molecule has 140 valence electrons. The van der Waals surface area contributed by atoms with E-state index < -0.39 is 18.2 Å². The number of hydrogen-bond acceptors (Lipinski definition) is 3. The Morgan fingerprint density at radius 3 is 2.52 bits per heavy atom. The number of alkyl halides is 2. The van der Waals surface area contributed by atoms with Gasteiger partial charge in [0.15, 0.2) is 11.6 Å². The Labute approximate surface area is 146 Å². The van der Waals surface area contributed by atoms with E-state index >= 15 is 0 Å². The Morgan fingerprint density at radius 1 is 1.20 bits per heavy atom. The summed E-state index contributed by atoms with van der Waals surface area (Å²) in [6.45, 7) is -0.919. The Balaban J connectivity index is 1.81. The number of halogens is 3. The minimum Gasteiger partial charge on any atom is -0.432 e. The first-order valence-electron chi connectivity index (χ1n) is 8.95. The maximum atomic E-state index is 13.7. The monoisotopic (exact) mass is 358 g/mol. The molecular formula is C19H25F3O3. The van der Waals surface area contributed by atoms with Gasteiger partial charge in [-0.05, 0) is 43.7 Å². The summed E-state index contributed by atoms with van der Waals surface area (Å²) in [4.78, 5) is 12.2. The molecule has 0 heterocycles. The molecular weight excluding hydrogens is 333 g/mol. The molecule has 1 aliphatic carbocycles. The van der Waals surface area contributed by atoms with Crippen molar-refractivity contribution in [2.75, 3.05) is 0 Å². The number of benzene rings is 1. The van der Waals surface area contributed by atoms with Crippen LogP contribution in [-0.4, -0.2) is 12.6 Å². The molecule has 0 N–H and O–H groups in total. The van der Waals surface area contributed by atoms with Gasteiger partial charge in [-0.1, -0.05) is 32.6 Å². The SMILES string of the molecule is CCCCCC1CCC(C(=O)Oc2ccc(OC(F)F)c(F)c2)CC1. The summed E-state index contributed by atoms with van der Waals surface area (Å²) in [5.74, 6) is -1.42. The second-order valence-electron chi connectivity index (χ2n) is 6.61. The summed E-state index contributed by atoms with van der Waals surface area (Å²) in [7, 11) is 0. The molecule has 25 heavy (non-hydrogen) atoms. The smallest absolute Gasteiger partial charge is 0.387 e. The van der Waals surface area contributed by atoms with Crippen LogP contribution in [0.15, 0.2) is 18.2 Å². The fourth-order valence-electron chi connectivity index (χ4n) is 3.31. The van der Waals surface area contributed by atoms with Crippen molar-refractivity contribution in [2.24, 2.45) is 11.8 Å². The lowest BCUT2D eigenvalue weighted by Gasteiger charge is -2.27. The predicted molar refractivity (Wildman–Crippen MR) is 88.3 cm³/mol. The van der Waals surface area contributed by atoms with Crippen molar-refractivity contribution in [1.82, 2.24) is 0 Å². The number of rotatable bonds is 8. The number of hydrogen-bond donors (Lipinski definition) is 0. The fourth-order valence-corrected chi connectivity index (χ4v) is 3.31. The maximum absolute atomic E-state index is 13.7. The molecule has 0 unspecified atom stereocenters. The summed E-state index contributed by atoms with van der Waals surface area (Å²) in [5.41, 5.74) is 0. The summed E-state index contributed by atoms with van der Waals surface area (Å²) >= 11 is 0. The van der Waals surface area contributed by atoms with Crippen LogP contribution >= 0.6 is 0 Å². The minimum atomic E-state index is -3.10. The quantitative estimate of drug-likeness (QED) is 0.339. The van der Waals surface area contributed by atoms with E-state index in [0.29, 0.717) is 5.92 Å². The lowest BCUT2D eigenvalue weighted by molar-refractivity contribution is -0.140. The van der Waals surface area contributed by atoms with E-state index in [1.165, 1.54) is 31.7 Å². The summed E-state index contributed by atoms with van der Waals surface area (Å²) in [6.07, 6.45) is 8.50. The highest BCUT2D eigenvalue weighted by Crippen LogP contribution is 2.33. The first kappa shape index (κ1) is 19.6. The van der Waals surface area contributed by atoms with Crippen molar-refractivity contribution >= 4 is 5.97 Å². The van der Waals surface area contributed by atoms with Gasteiger partial charge in [-0.15, -0.1) is 0 Å². The number of carbonyl (C=O) groups excluding carboxylic acids is 1. The van der Waals surface area contributed by atoms with Crippen LogP contribution in [0.25, 0.3) is 0 Å². The Bertz CT molecular complexity index is 555. The molecule has 2 rings (SSSR count). The zero-order chi connectivity index (χ0) is 18.2. The summed E-state index contributed by atoms with van der Waals surface area (Å²) in [5, 5.41) is 0. The maximum Gasteiger partial charge on any atom is 0.387 e. The van der Waals surface area contributed by atoms with Crippen molar-refractivity contribution in [3.05, 3.63) is 24.0 Å². The second kappa shape index (κ2) is 9.68. The molecule has 0 saturated heterocycles. The molecule has 0 spiro atoms. The Hall–Kier alpha value is -1.72. The van der Waals surface area contributed by atoms with Gasteiger partial charge in [0, 0.05) is 6.07 Å². The van der Waals surface area contributed by atoms with Crippen LogP contribution in [0.5, 0.6) is 11.5 Å². The van der Waals surface area contributed by atoms with Gasteiger partial charge >= 0.3 is 12.6 Å². The Kier molecular flexibility index (Phi) is 7.59. The zero-order valence-electron chi connectivity index (χ0n) is 14.5. The van der Waals surface area contributed by atoms with Crippen molar-refractivity contribution in [2.45, 2.75) is 64.9 Å². The van der Waals surface area contributed by atoms with E-state index in [4.69, 9.17) is 4.74 Å². The van der Waals surface area contributed by atoms with Crippen LogP contribution in [0.2, 0.25) is 0 Å². The van der Waals surface area contributed by atoms with E-state index in [1.807, 2.05) is 0 Å². The Morgan fingerprint density at radius 2 is 1.92 bits per heavy atom. The molecule has 0 radical (unpaired) electrons. The largest absolute Gasteiger partial charge is 0.432 e. The minimum absolute atomic E-state index is 0.00851. The van der Waals surface area contributed by atoms with E-state index in [0.717, 1.165) is 37.8 Å². The van der Waals surface area contributed by atoms with Crippen molar-refractivity contribution < 1.29 is 27.4 Å². The average molecular weight is 358 g/mol. The van der Waals surface area contributed by atoms with Crippen molar-refractivity contribution in [3.63, 3.8) is 0 Å². The normalized spacial score (nSPS) is 20.5. The standard InChI is InChI=1S/C19H25F3O3/c1-2-3-4-5-13-6-8-14(9-7-13)18(23)24-15-10-11-17(16(20)12-15)25-19(21)22/h10-14,19H,2-9H2,1H3. The van der Waals surface area contributed by atoms with Gasteiger partial charge in [0.05, 0.1) is 5.92 Å². The third-order valence-corrected chi connectivity index (χ3v) is 4.73. The lowest BCUT2D eigenvalue weighted by Crippen LogP contribution is -2.25. The first-order chi connectivity index (χ1) is 12.0. The highest BCUT2D eigenvalue weighted by atomic mass is 19.3. The molecule has 1 aromatic rings. The predicted octanol–water partition coefficient (Wildman–Crippen LogP) is 5.72. The molecule has 0 amide bonds. The fraction of sp³-hybridized carbons (Fsp3) is 0.632. The van der Waals surface area contributed by atoms with Crippen LogP contribution < -0.4 is 9.47 Å². The first-order valence-corrected chi connectivity index (χ1v) is 8.95. The van der Waals surface area contributed by atoms with Crippen LogP contribution in [0.3, 0.4) is 0 Å². The summed E-state index contributed by atoms with van der Waals surface area (Å²) in [6, 6.07) is 3.19. The number of esters is 1. The highest BCUT2D eigenvalue weighted by molar-refractivity contribution is 5.75. The van der Waals surface area contributed by atoms with Crippen LogP contribution in [0, 0.1) is 17.7 Å². The summed E-state index contributed by atoms with van der Waals surface area (Å²) < 4.78 is 47.1. The van der Waals surface area contributed by atoms with E-state index in [2.05, 4.69) is 11.7 Å². The van der Waals surface area contributed by atoms with Gasteiger partial charge in [0.1, 0.15) is 5.75 Å². The number of carbonyl (C=O) groups is 1. The van der Waals surface area contributed by atoms with Crippen LogP contribution in [0.1, 0.15) is 58.3 Å². The van der Waals surface area contributed by atoms with Crippen molar-refractivity contribution in [1.29, 1.82) is 0 Å². The van der Waals surface area contributed by atoms with E-state index in [-0.39, 0.29) is 17.6 Å². The molecule has 0 bridgehead atoms. The van der Waals surface area contributed by atoms with Gasteiger partial charge in [0.25, 0.3) is 0 Å². The molecule has 3 nitrogen and oxygen atoms in total. The molecule has 0 aromatic heterocycles. The van der Waals surface area contributed by atoms with E-state index in [9.17, 15) is 18.0 Å². The lowest BCUT2D eigenvalue weighted by atomic mass is 9.80. The molecule has 1 fully saturated rings.